The van der Waals surface area contributed by atoms with Crippen molar-refractivity contribution in [2.24, 2.45) is 0 Å². The van der Waals surface area contributed by atoms with E-state index in [1.54, 1.807) is 25.1 Å². The van der Waals surface area contributed by atoms with Gasteiger partial charge in [0.2, 0.25) is 11.8 Å². The summed E-state index contributed by atoms with van der Waals surface area (Å²) in [5, 5.41) is 2.84. The van der Waals surface area contributed by atoms with E-state index in [1.165, 1.54) is 29.2 Å². The van der Waals surface area contributed by atoms with Gasteiger partial charge in [0, 0.05) is 19.5 Å². The van der Waals surface area contributed by atoms with Crippen LogP contribution in [-0.4, -0.2) is 44.3 Å². The van der Waals surface area contributed by atoms with Crippen LogP contribution in [0.2, 0.25) is 0 Å². The maximum atomic E-state index is 14.3. The van der Waals surface area contributed by atoms with Gasteiger partial charge in [-0.1, -0.05) is 72.8 Å². The molecule has 0 bridgehead atoms. The van der Waals surface area contributed by atoms with Gasteiger partial charge in [-0.25, -0.2) is 12.8 Å². The molecule has 9 heteroatoms. The van der Waals surface area contributed by atoms with Crippen LogP contribution in [0.5, 0.6) is 0 Å². The van der Waals surface area contributed by atoms with Crippen molar-refractivity contribution in [1.82, 2.24) is 10.2 Å². The number of hydrogen-bond acceptors (Lipinski definition) is 4. The van der Waals surface area contributed by atoms with Gasteiger partial charge in [0.25, 0.3) is 10.0 Å². The molecule has 218 valence electrons. The molecule has 4 rings (SSSR count). The summed E-state index contributed by atoms with van der Waals surface area (Å²) in [5.74, 6) is -1.46. The Labute approximate surface area is 246 Å². The molecule has 4 aromatic carbocycles. The van der Waals surface area contributed by atoms with Crippen LogP contribution in [0.4, 0.5) is 10.1 Å². The molecule has 42 heavy (non-hydrogen) atoms. The number of aryl methyl sites for hydroxylation is 1. The van der Waals surface area contributed by atoms with E-state index < -0.39 is 34.3 Å². The Morgan fingerprint density at radius 1 is 0.833 bits per heavy atom. The average molecular weight is 588 g/mol. The van der Waals surface area contributed by atoms with Gasteiger partial charge in [0.05, 0.1) is 10.6 Å². The fraction of sp³-hybridized carbons (Fsp3) is 0.212. The van der Waals surface area contributed by atoms with Crippen molar-refractivity contribution in [2.45, 2.75) is 37.8 Å². The third-order valence-electron chi connectivity index (χ3n) is 6.95. The summed E-state index contributed by atoms with van der Waals surface area (Å²) in [6.07, 6.45) is 0.228. The molecular formula is C33H34FN3O4S. The molecule has 2 amide bonds. The molecule has 0 saturated heterocycles. The summed E-state index contributed by atoms with van der Waals surface area (Å²) in [4.78, 5) is 29.2. The lowest BCUT2D eigenvalue weighted by Gasteiger charge is -2.34. The number of anilines is 1. The van der Waals surface area contributed by atoms with E-state index in [1.807, 2.05) is 61.5 Å². The van der Waals surface area contributed by atoms with Gasteiger partial charge < -0.3 is 10.2 Å². The number of likely N-dealkylation sites (N-methyl/N-ethyl adjacent to an activating group) is 1. The molecular weight excluding hydrogens is 553 g/mol. The lowest BCUT2D eigenvalue weighted by molar-refractivity contribution is -0.140. The number of hydrogen-bond donors (Lipinski definition) is 1. The molecule has 0 aliphatic rings. The van der Waals surface area contributed by atoms with Gasteiger partial charge in [-0.05, 0) is 66.9 Å². The van der Waals surface area contributed by atoms with Crippen LogP contribution in [0.3, 0.4) is 0 Å². The second-order valence-electron chi connectivity index (χ2n) is 9.85. The molecule has 0 radical (unpaired) electrons. The van der Waals surface area contributed by atoms with Gasteiger partial charge in [-0.2, -0.15) is 0 Å². The Hall–Kier alpha value is -4.50. The van der Waals surface area contributed by atoms with Crippen LogP contribution in [-0.2, 0) is 32.6 Å². The number of sulfonamides is 1. The maximum Gasteiger partial charge on any atom is 0.264 e. The topological polar surface area (TPSA) is 86.8 Å². The van der Waals surface area contributed by atoms with Crippen molar-refractivity contribution in [3.8, 4) is 0 Å². The smallest absolute Gasteiger partial charge is 0.264 e. The largest absolute Gasteiger partial charge is 0.355 e. The summed E-state index contributed by atoms with van der Waals surface area (Å²) in [6, 6.07) is 28.7. The average Bonchev–Trinajstić information content (AvgIpc) is 3.00. The molecule has 0 spiro atoms. The van der Waals surface area contributed by atoms with Crippen molar-refractivity contribution >= 4 is 27.5 Å². The lowest BCUT2D eigenvalue weighted by atomic mass is 10.0. The third kappa shape index (κ3) is 7.41. The highest BCUT2D eigenvalue weighted by atomic mass is 32.2. The first-order chi connectivity index (χ1) is 20.2. The number of rotatable bonds is 12. The van der Waals surface area contributed by atoms with Gasteiger partial charge in [-0.3, -0.25) is 13.9 Å². The molecule has 7 nitrogen and oxygen atoms in total. The molecule has 0 fully saturated rings. The van der Waals surface area contributed by atoms with Crippen molar-refractivity contribution in [3.63, 3.8) is 0 Å². The predicted molar refractivity (Wildman–Crippen MR) is 162 cm³/mol. The van der Waals surface area contributed by atoms with E-state index in [2.05, 4.69) is 5.32 Å². The normalized spacial score (nSPS) is 11.9. The van der Waals surface area contributed by atoms with Gasteiger partial charge in [0.15, 0.2) is 0 Å². The number of halogens is 1. The zero-order valence-corrected chi connectivity index (χ0v) is 24.4. The molecule has 0 aliphatic carbocycles. The SMILES string of the molecule is CCNC(=O)[C@@H](Cc1ccccc1)N(Cc1ccccc1C)C(=O)CN(c1ccc(F)cc1)S(=O)(=O)c1ccccc1. The Bertz CT molecular complexity index is 1600. The van der Waals surface area contributed by atoms with Gasteiger partial charge in [0.1, 0.15) is 18.4 Å². The first-order valence-electron chi connectivity index (χ1n) is 13.7. The van der Waals surface area contributed by atoms with E-state index in [0.29, 0.717) is 6.54 Å². The van der Waals surface area contributed by atoms with Crippen LogP contribution in [0.15, 0.2) is 114 Å². The predicted octanol–water partition coefficient (Wildman–Crippen LogP) is 5.11. The first-order valence-corrected chi connectivity index (χ1v) is 15.1. The van der Waals surface area contributed by atoms with E-state index in [0.717, 1.165) is 33.1 Å². The zero-order chi connectivity index (χ0) is 30.1. The Morgan fingerprint density at radius 3 is 2.05 bits per heavy atom. The minimum Gasteiger partial charge on any atom is -0.355 e. The minimum absolute atomic E-state index is 0.0165. The van der Waals surface area contributed by atoms with E-state index in [9.17, 15) is 22.4 Å². The van der Waals surface area contributed by atoms with Gasteiger partial charge in [-0.15, -0.1) is 0 Å². The number of nitrogens with one attached hydrogen (secondary N) is 1. The maximum absolute atomic E-state index is 14.3. The lowest BCUT2D eigenvalue weighted by Crippen LogP contribution is -2.53. The van der Waals surface area contributed by atoms with Crippen LogP contribution >= 0.6 is 0 Å². The second kappa shape index (κ2) is 13.9. The van der Waals surface area contributed by atoms with Crippen LogP contribution < -0.4 is 9.62 Å². The second-order valence-corrected chi connectivity index (χ2v) is 11.7. The number of carbonyl (C=O) groups excluding carboxylic acids is 2. The molecule has 0 unspecified atom stereocenters. The summed E-state index contributed by atoms with van der Waals surface area (Å²) < 4.78 is 42.5. The van der Waals surface area contributed by atoms with Crippen molar-refractivity contribution in [1.29, 1.82) is 0 Å². The molecule has 0 aliphatic heterocycles. The van der Waals surface area contributed by atoms with Crippen molar-refractivity contribution < 1.29 is 22.4 Å². The van der Waals surface area contributed by atoms with Crippen molar-refractivity contribution in [3.05, 3.63) is 132 Å². The van der Waals surface area contributed by atoms with Crippen LogP contribution in [0.25, 0.3) is 0 Å². The number of nitrogens with zero attached hydrogens (tertiary/aromatic N) is 2. The Balaban J connectivity index is 1.79. The molecule has 0 saturated carbocycles. The third-order valence-corrected chi connectivity index (χ3v) is 8.74. The van der Waals surface area contributed by atoms with Gasteiger partial charge >= 0.3 is 0 Å². The minimum atomic E-state index is -4.23. The Kier molecular flexibility index (Phi) is 10.1. The Morgan fingerprint density at radius 2 is 1.43 bits per heavy atom. The number of amides is 2. The number of benzene rings is 4. The summed E-state index contributed by atoms with van der Waals surface area (Å²) in [5.41, 5.74) is 2.73. The monoisotopic (exact) mass is 587 g/mol. The molecule has 1 atom stereocenters. The van der Waals surface area contributed by atoms with Crippen LogP contribution in [0.1, 0.15) is 23.6 Å². The van der Waals surface area contributed by atoms with E-state index in [4.69, 9.17) is 0 Å². The summed E-state index contributed by atoms with van der Waals surface area (Å²) in [7, 11) is -4.23. The van der Waals surface area contributed by atoms with E-state index >= 15 is 0 Å². The zero-order valence-electron chi connectivity index (χ0n) is 23.6. The fourth-order valence-electron chi connectivity index (χ4n) is 4.67. The van der Waals surface area contributed by atoms with Crippen molar-refractivity contribution in [2.75, 3.05) is 17.4 Å². The highest BCUT2D eigenvalue weighted by molar-refractivity contribution is 7.92. The highest BCUT2D eigenvalue weighted by Gasteiger charge is 2.34. The highest BCUT2D eigenvalue weighted by Crippen LogP contribution is 2.25. The summed E-state index contributed by atoms with van der Waals surface area (Å²) in [6.45, 7) is 3.57. The first kappa shape index (κ1) is 30.5. The number of carbonyl (C=O) groups is 2. The molecule has 1 N–H and O–H groups in total. The van der Waals surface area contributed by atoms with E-state index in [-0.39, 0.29) is 29.5 Å². The standard InChI is InChI=1S/C33H34FN3O4S/c1-3-35-33(39)31(22-26-13-6-4-7-14-26)36(23-27-15-11-10-12-25(27)2)32(38)24-37(29-20-18-28(34)19-21-29)42(40,41)30-16-8-5-9-17-30/h4-21,31H,3,22-24H2,1-2H3,(H,35,39)/t31-/m1/s1. The quantitative estimate of drug-likeness (QED) is 0.250. The molecule has 4 aromatic rings. The fourth-order valence-corrected chi connectivity index (χ4v) is 6.11. The summed E-state index contributed by atoms with van der Waals surface area (Å²) >= 11 is 0. The molecule has 0 aromatic heterocycles. The van der Waals surface area contributed by atoms with Crippen LogP contribution in [0, 0.1) is 12.7 Å². The molecule has 0 heterocycles.